The molecule has 0 bridgehead atoms. The lowest BCUT2D eigenvalue weighted by molar-refractivity contribution is 0.110. The van der Waals surface area contributed by atoms with Crippen molar-refractivity contribution in [3.8, 4) is 5.75 Å². The lowest BCUT2D eigenvalue weighted by Gasteiger charge is -2.06. The quantitative estimate of drug-likeness (QED) is 0.768. The molecule has 0 spiro atoms. The average Bonchev–Trinajstić information content (AvgIpc) is 2.11. The van der Waals surface area contributed by atoms with Gasteiger partial charge in [-0.05, 0) is 25.1 Å². The van der Waals surface area contributed by atoms with Gasteiger partial charge in [0.05, 0.1) is 6.61 Å². The Morgan fingerprint density at radius 3 is 2.71 bits per heavy atom. The van der Waals surface area contributed by atoms with Crippen LogP contribution in [0.1, 0.15) is 6.92 Å². The van der Waals surface area contributed by atoms with Crippen LogP contribution in [0.5, 0.6) is 5.75 Å². The van der Waals surface area contributed by atoms with E-state index in [1.807, 2.05) is 19.1 Å². The van der Waals surface area contributed by atoms with Crippen molar-refractivity contribution in [3.05, 3.63) is 27.7 Å². The Hall–Kier alpha value is -0.250. The Kier molecular flexibility index (Phi) is 5.30. The summed E-state index contributed by atoms with van der Waals surface area (Å²) in [6.07, 6.45) is 0. The first kappa shape index (κ1) is 11.8. The molecule has 0 aliphatic carbocycles. The molecule has 0 aliphatic rings. The van der Waals surface area contributed by atoms with Crippen LogP contribution < -0.4 is 4.74 Å². The maximum Gasteiger partial charge on any atom is 0.122 e. The molecule has 0 aliphatic heterocycles. The second-order valence-electron chi connectivity index (χ2n) is 2.65. The third-order valence-electron chi connectivity index (χ3n) is 1.54. The summed E-state index contributed by atoms with van der Waals surface area (Å²) in [6.45, 7) is 3.81. The molecule has 0 amide bonds. The third-order valence-corrected chi connectivity index (χ3v) is 2.21. The molecule has 14 heavy (non-hydrogen) atoms. The van der Waals surface area contributed by atoms with E-state index in [4.69, 9.17) is 21.1 Å². The van der Waals surface area contributed by atoms with E-state index in [2.05, 4.69) is 15.9 Å². The standard InChI is InChI=1S/C10H12BrClO2/c1-2-13-3-4-14-10-6-8(11)5-9(12)7-10/h5-7H,2-4H2,1H3. The minimum absolute atomic E-state index is 0.542. The molecule has 1 rings (SSSR count). The van der Waals surface area contributed by atoms with Crippen LogP contribution in [0.15, 0.2) is 22.7 Å². The van der Waals surface area contributed by atoms with Crippen LogP contribution in [0, 0.1) is 0 Å². The fourth-order valence-corrected chi connectivity index (χ4v) is 1.80. The predicted octanol–water partition coefficient (Wildman–Crippen LogP) is 3.52. The van der Waals surface area contributed by atoms with Crippen molar-refractivity contribution in [3.63, 3.8) is 0 Å². The van der Waals surface area contributed by atoms with Crippen LogP contribution >= 0.6 is 27.5 Å². The van der Waals surface area contributed by atoms with Crippen LogP contribution in [0.2, 0.25) is 5.02 Å². The molecule has 4 heteroatoms. The van der Waals surface area contributed by atoms with Crippen LogP contribution in [0.4, 0.5) is 0 Å². The van der Waals surface area contributed by atoms with E-state index in [1.165, 1.54) is 0 Å². The third kappa shape index (κ3) is 4.31. The summed E-state index contributed by atoms with van der Waals surface area (Å²) >= 11 is 9.19. The van der Waals surface area contributed by atoms with Gasteiger partial charge in [-0.15, -0.1) is 0 Å². The zero-order valence-electron chi connectivity index (χ0n) is 7.93. The maximum absolute atomic E-state index is 5.85. The van der Waals surface area contributed by atoms with Gasteiger partial charge >= 0.3 is 0 Å². The number of benzene rings is 1. The molecule has 0 radical (unpaired) electrons. The summed E-state index contributed by atoms with van der Waals surface area (Å²) in [6, 6.07) is 5.47. The van der Waals surface area contributed by atoms with E-state index in [0.29, 0.717) is 24.8 Å². The SMILES string of the molecule is CCOCCOc1cc(Cl)cc(Br)c1. The molecule has 1 aromatic rings. The van der Waals surface area contributed by atoms with Gasteiger partial charge in [0.1, 0.15) is 12.4 Å². The number of ether oxygens (including phenoxy) is 2. The van der Waals surface area contributed by atoms with Crippen LogP contribution in [-0.4, -0.2) is 19.8 Å². The Balaban J connectivity index is 2.42. The number of rotatable bonds is 5. The maximum atomic E-state index is 5.85. The molecule has 2 nitrogen and oxygen atoms in total. The predicted molar refractivity (Wildman–Crippen MR) is 61.1 cm³/mol. The van der Waals surface area contributed by atoms with Crippen LogP contribution in [0.3, 0.4) is 0 Å². The van der Waals surface area contributed by atoms with E-state index in [1.54, 1.807) is 6.07 Å². The summed E-state index contributed by atoms with van der Waals surface area (Å²) in [5, 5.41) is 0.658. The van der Waals surface area contributed by atoms with Crippen LogP contribution in [0.25, 0.3) is 0 Å². The molecule has 0 saturated carbocycles. The first-order valence-electron chi connectivity index (χ1n) is 4.39. The van der Waals surface area contributed by atoms with Crippen LogP contribution in [-0.2, 0) is 4.74 Å². The molecule has 0 N–H and O–H groups in total. The summed E-state index contributed by atoms with van der Waals surface area (Å²) < 4.78 is 11.5. The zero-order valence-corrected chi connectivity index (χ0v) is 10.3. The molecule has 0 atom stereocenters. The normalized spacial score (nSPS) is 10.2. The van der Waals surface area contributed by atoms with Crippen molar-refractivity contribution in [2.75, 3.05) is 19.8 Å². The van der Waals surface area contributed by atoms with Gasteiger partial charge in [0.25, 0.3) is 0 Å². The highest BCUT2D eigenvalue weighted by molar-refractivity contribution is 9.10. The minimum Gasteiger partial charge on any atom is -0.491 e. The summed E-state index contributed by atoms with van der Waals surface area (Å²) in [4.78, 5) is 0. The molecular weight excluding hydrogens is 267 g/mol. The molecule has 78 valence electrons. The van der Waals surface area contributed by atoms with Crippen molar-refractivity contribution in [1.82, 2.24) is 0 Å². The first-order valence-corrected chi connectivity index (χ1v) is 5.56. The molecule has 0 heterocycles. The Labute approximate surface area is 97.3 Å². The van der Waals surface area contributed by atoms with Gasteiger partial charge < -0.3 is 9.47 Å². The largest absolute Gasteiger partial charge is 0.491 e. The van der Waals surface area contributed by atoms with E-state index >= 15 is 0 Å². The summed E-state index contributed by atoms with van der Waals surface area (Å²) in [5.41, 5.74) is 0. The second-order valence-corrected chi connectivity index (χ2v) is 4.00. The molecule has 1 aromatic carbocycles. The highest BCUT2D eigenvalue weighted by Crippen LogP contribution is 2.24. The molecular formula is C10H12BrClO2. The molecule has 0 aromatic heterocycles. The Bertz CT molecular complexity index is 271. The number of hydrogen-bond donors (Lipinski definition) is 0. The van der Waals surface area contributed by atoms with Gasteiger partial charge in [-0.3, -0.25) is 0 Å². The molecule has 0 unspecified atom stereocenters. The highest BCUT2D eigenvalue weighted by Gasteiger charge is 1.98. The topological polar surface area (TPSA) is 18.5 Å². The van der Waals surface area contributed by atoms with E-state index in [9.17, 15) is 0 Å². The lowest BCUT2D eigenvalue weighted by atomic mass is 10.3. The zero-order chi connectivity index (χ0) is 10.4. The first-order chi connectivity index (χ1) is 6.72. The van der Waals surface area contributed by atoms with E-state index < -0.39 is 0 Å². The van der Waals surface area contributed by atoms with E-state index in [-0.39, 0.29) is 0 Å². The van der Waals surface area contributed by atoms with Gasteiger partial charge in [0, 0.05) is 16.1 Å². The number of halogens is 2. The van der Waals surface area contributed by atoms with Gasteiger partial charge in [0.2, 0.25) is 0 Å². The van der Waals surface area contributed by atoms with E-state index in [0.717, 1.165) is 10.2 Å². The molecule has 0 saturated heterocycles. The number of hydrogen-bond acceptors (Lipinski definition) is 2. The minimum atomic E-state index is 0.542. The van der Waals surface area contributed by atoms with Gasteiger partial charge in [-0.1, -0.05) is 27.5 Å². The van der Waals surface area contributed by atoms with Gasteiger partial charge in [0.15, 0.2) is 0 Å². The summed E-state index contributed by atoms with van der Waals surface area (Å²) in [5.74, 6) is 0.754. The second kappa shape index (κ2) is 6.27. The summed E-state index contributed by atoms with van der Waals surface area (Å²) in [7, 11) is 0. The fraction of sp³-hybridized carbons (Fsp3) is 0.400. The van der Waals surface area contributed by atoms with Crippen molar-refractivity contribution in [1.29, 1.82) is 0 Å². The van der Waals surface area contributed by atoms with Crippen molar-refractivity contribution in [2.24, 2.45) is 0 Å². The Morgan fingerprint density at radius 1 is 1.29 bits per heavy atom. The lowest BCUT2D eigenvalue weighted by Crippen LogP contribution is -2.06. The van der Waals surface area contributed by atoms with Gasteiger partial charge in [-0.25, -0.2) is 0 Å². The smallest absolute Gasteiger partial charge is 0.122 e. The Morgan fingerprint density at radius 2 is 2.07 bits per heavy atom. The average molecular weight is 280 g/mol. The fourth-order valence-electron chi connectivity index (χ4n) is 0.975. The molecule has 0 fully saturated rings. The van der Waals surface area contributed by atoms with Crippen molar-refractivity contribution >= 4 is 27.5 Å². The van der Waals surface area contributed by atoms with Crippen molar-refractivity contribution in [2.45, 2.75) is 6.92 Å². The monoisotopic (exact) mass is 278 g/mol. The van der Waals surface area contributed by atoms with Gasteiger partial charge in [-0.2, -0.15) is 0 Å². The van der Waals surface area contributed by atoms with Crippen molar-refractivity contribution < 1.29 is 9.47 Å². The highest BCUT2D eigenvalue weighted by atomic mass is 79.9.